The number of hydrogen-bond acceptors (Lipinski definition) is 3. The van der Waals surface area contributed by atoms with E-state index >= 15 is 0 Å². The molecular formula is C24H22N2OS. The van der Waals surface area contributed by atoms with Crippen LogP contribution in [0.5, 0.6) is 0 Å². The van der Waals surface area contributed by atoms with Crippen LogP contribution in [0.2, 0.25) is 0 Å². The smallest absolute Gasteiger partial charge is 0.270 e. The van der Waals surface area contributed by atoms with Crippen LogP contribution in [-0.2, 0) is 11.2 Å². The molecule has 3 nitrogen and oxygen atoms in total. The number of carbonyl (C=O) groups is 1. The summed E-state index contributed by atoms with van der Waals surface area (Å²) in [5.74, 6) is 0.00769. The van der Waals surface area contributed by atoms with Gasteiger partial charge in [0.05, 0.1) is 11.4 Å². The summed E-state index contributed by atoms with van der Waals surface area (Å²) < 4.78 is -0.761. The van der Waals surface area contributed by atoms with E-state index < -0.39 is 4.75 Å². The highest BCUT2D eigenvalue weighted by atomic mass is 32.2. The first-order valence-corrected chi connectivity index (χ1v) is 10.2. The van der Waals surface area contributed by atoms with Crippen LogP contribution in [0.1, 0.15) is 18.1 Å². The number of aryl methyl sites for hydroxylation is 1. The molecule has 1 aliphatic heterocycles. The average Bonchev–Trinajstić information content (AvgIpc) is 2.96. The van der Waals surface area contributed by atoms with Gasteiger partial charge < -0.3 is 0 Å². The first-order valence-electron chi connectivity index (χ1n) is 9.34. The zero-order valence-electron chi connectivity index (χ0n) is 16.0. The minimum absolute atomic E-state index is 0.00769. The van der Waals surface area contributed by atoms with Gasteiger partial charge in [-0.15, -0.1) is 11.8 Å². The topological polar surface area (TPSA) is 32.7 Å². The summed E-state index contributed by atoms with van der Waals surface area (Å²) in [6.07, 6.45) is 0.608. The van der Waals surface area contributed by atoms with E-state index in [0.29, 0.717) is 6.42 Å². The van der Waals surface area contributed by atoms with Crippen LogP contribution in [0.15, 0.2) is 94.9 Å². The first kappa shape index (κ1) is 18.5. The molecule has 140 valence electrons. The fourth-order valence-electron chi connectivity index (χ4n) is 3.47. The van der Waals surface area contributed by atoms with Crippen molar-refractivity contribution >= 4 is 29.1 Å². The zero-order valence-corrected chi connectivity index (χ0v) is 16.8. The number of nitrogens with zero attached hydrogens (tertiary/aromatic N) is 2. The Labute approximate surface area is 170 Å². The summed E-state index contributed by atoms with van der Waals surface area (Å²) in [7, 11) is 0. The van der Waals surface area contributed by atoms with Crippen LogP contribution in [0.3, 0.4) is 0 Å². The number of amides is 1. The molecule has 1 aliphatic rings. The highest BCUT2D eigenvalue weighted by Crippen LogP contribution is 2.43. The summed E-state index contributed by atoms with van der Waals surface area (Å²) in [5.41, 5.74) is 3.99. The molecule has 0 spiro atoms. The lowest BCUT2D eigenvalue weighted by Gasteiger charge is -2.28. The third-order valence-corrected chi connectivity index (χ3v) is 6.58. The molecule has 1 amide bonds. The maximum atomic E-state index is 13.7. The van der Waals surface area contributed by atoms with Crippen molar-refractivity contribution in [3.05, 3.63) is 96.1 Å². The fourth-order valence-corrected chi connectivity index (χ4v) is 4.76. The molecule has 28 heavy (non-hydrogen) atoms. The molecule has 1 heterocycles. The quantitative estimate of drug-likeness (QED) is 0.581. The molecule has 0 radical (unpaired) electrons. The molecule has 0 saturated carbocycles. The van der Waals surface area contributed by atoms with Crippen molar-refractivity contribution in [2.24, 2.45) is 5.10 Å². The largest absolute Gasteiger partial charge is 0.270 e. The molecule has 0 saturated heterocycles. The molecular weight excluding hydrogens is 364 g/mol. The van der Waals surface area contributed by atoms with E-state index in [1.807, 2.05) is 67.6 Å². The van der Waals surface area contributed by atoms with Crippen molar-refractivity contribution in [3.8, 4) is 0 Å². The Hall–Kier alpha value is -2.85. The molecule has 4 rings (SSSR count). The van der Waals surface area contributed by atoms with E-state index in [2.05, 4.69) is 31.2 Å². The van der Waals surface area contributed by atoms with Crippen LogP contribution >= 0.6 is 11.8 Å². The number of carbonyl (C=O) groups excluding carboxylic acids is 1. The number of rotatable bonds is 5. The second kappa shape index (κ2) is 7.64. The van der Waals surface area contributed by atoms with E-state index in [4.69, 9.17) is 5.10 Å². The number of para-hydroxylation sites is 1. The number of hydrazone groups is 1. The van der Waals surface area contributed by atoms with Gasteiger partial charge in [0.1, 0.15) is 4.75 Å². The van der Waals surface area contributed by atoms with Gasteiger partial charge in [-0.05, 0) is 49.2 Å². The molecule has 3 aromatic carbocycles. The van der Waals surface area contributed by atoms with Crippen molar-refractivity contribution in [2.75, 3.05) is 5.01 Å². The van der Waals surface area contributed by atoms with Crippen LogP contribution in [0.25, 0.3) is 0 Å². The van der Waals surface area contributed by atoms with Gasteiger partial charge in [0.15, 0.2) is 0 Å². The third-order valence-electron chi connectivity index (χ3n) is 5.11. The molecule has 1 atom stereocenters. The Morgan fingerprint density at radius 2 is 1.46 bits per heavy atom. The molecule has 0 fully saturated rings. The average molecular weight is 387 g/mol. The van der Waals surface area contributed by atoms with E-state index in [-0.39, 0.29) is 5.91 Å². The number of anilines is 1. The van der Waals surface area contributed by atoms with Gasteiger partial charge in [0, 0.05) is 11.3 Å². The number of benzene rings is 3. The molecule has 3 aromatic rings. The van der Waals surface area contributed by atoms with Crippen molar-refractivity contribution in [3.63, 3.8) is 0 Å². The Bertz CT molecular complexity index is 1020. The van der Waals surface area contributed by atoms with Gasteiger partial charge in [-0.25, -0.2) is 0 Å². The lowest BCUT2D eigenvalue weighted by Crippen LogP contribution is -2.45. The van der Waals surface area contributed by atoms with Crippen molar-refractivity contribution in [2.45, 2.75) is 29.9 Å². The SMILES string of the molecule is CC1=NN(c2ccccc2)C(=O)[C@]1(Cc1ccccc1C)Sc1ccccc1. The minimum Gasteiger partial charge on any atom is -0.270 e. The number of hydrogen-bond donors (Lipinski definition) is 0. The highest BCUT2D eigenvalue weighted by Gasteiger charge is 2.50. The maximum Gasteiger partial charge on any atom is 0.270 e. The lowest BCUT2D eigenvalue weighted by atomic mass is 9.92. The van der Waals surface area contributed by atoms with E-state index in [0.717, 1.165) is 16.3 Å². The molecule has 0 aliphatic carbocycles. The monoisotopic (exact) mass is 386 g/mol. The summed E-state index contributed by atoms with van der Waals surface area (Å²) in [5, 5.41) is 6.25. The molecule has 0 unspecified atom stereocenters. The van der Waals surface area contributed by atoms with Crippen molar-refractivity contribution in [1.29, 1.82) is 0 Å². The predicted molar refractivity (Wildman–Crippen MR) is 117 cm³/mol. The summed E-state index contributed by atoms with van der Waals surface area (Å²) in [4.78, 5) is 14.8. The van der Waals surface area contributed by atoms with Crippen molar-refractivity contribution < 1.29 is 4.79 Å². The number of thioether (sulfide) groups is 1. The van der Waals surface area contributed by atoms with Gasteiger partial charge in [-0.2, -0.15) is 10.1 Å². The lowest BCUT2D eigenvalue weighted by molar-refractivity contribution is -0.118. The van der Waals surface area contributed by atoms with Crippen molar-refractivity contribution in [1.82, 2.24) is 0 Å². The highest BCUT2D eigenvalue weighted by molar-refractivity contribution is 8.02. The Kier molecular flexibility index (Phi) is 5.05. The summed E-state index contributed by atoms with van der Waals surface area (Å²) in [6, 6.07) is 28.0. The second-order valence-electron chi connectivity index (χ2n) is 6.98. The van der Waals surface area contributed by atoms with Gasteiger partial charge >= 0.3 is 0 Å². The molecule has 0 aromatic heterocycles. The molecule has 0 N–H and O–H groups in total. The minimum atomic E-state index is -0.761. The predicted octanol–water partition coefficient (Wildman–Crippen LogP) is 5.49. The summed E-state index contributed by atoms with van der Waals surface area (Å²) in [6.45, 7) is 4.06. The Morgan fingerprint density at radius 1 is 0.857 bits per heavy atom. The third kappa shape index (κ3) is 3.36. The fraction of sp³-hybridized carbons (Fsp3) is 0.167. The zero-order chi connectivity index (χ0) is 19.6. The molecule has 4 heteroatoms. The van der Waals surface area contributed by atoms with E-state index in [1.54, 1.807) is 16.8 Å². The Morgan fingerprint density at radius 3 is 2.14 bits per heavy atom. The maximum absolute atomic E-state index is 13.7. The van der Waals surface area contributed by atoms with Gasteiger partial charge in [0.2, 0.25) is 0 Å². The van der Waals surface area contributed by atoms with Crippen LogP contribution in [0.4, 0.5) is 5.69 Å². The molecule has 0 bridgehead atoms. The van der Waals surface area contributed by atoms with Crippen LogP contribution < -0.4 is 5.01 Å². The van der Waals surface area contributed by atoms with Gasteiger partial charge in [-0.3, -0.25) is 4.79 Å². The standard InChI is InChI=1S/C24H22N2OS/c1-18-11-9-10-12-20(18)17-24(28-22-15-7-4-8-16-22)19(2)25-26(23(24)27)21-13-5-3-6-14-21/h3-16H,17H2,1-2H3/t24-/m1/s1. The van der Waals surface area contributed by atoms with Gasteiger partial charge in [0.25, 0.3) is 5.91 Å². The Balaban J connectivity index is 1.78. The van der Waals surface area contributed by atoms with E-state index in [9.17, 15) is 4.79 Å². The normalized spacial score (nSPS) is 19.0. The van der Waals surface area contributed by atoms with Crippen LogP contribution in [0, 0.1) is 6.92 Å². The second-order valence-corrected chi connectivity index (χ2v) is 8.36. The van der Waals surface area contributed by atoms with Crippen LogP contribution in [-0.4, -0.2) is 16.4 Å². The summed E-state index contributed by atoms with van der Waals surface area (Å²) >= 11 is 1.59. The van der Waals surface area contributed by atoms with E-state index in [1.165, 1.54) is 11.1 Å². The first-order chi connectivity index (χ1) is 13.6. The van der Waals surface area contributed by atoms with Gasteiger partial charge in [-0.1, -0.05) is 60.7 Å².